The molecule has 3 atom stereocenters. The highest BCUT2D eigenvalue weighted by molar-refractivity contribution is 9.09. The van der Waals surface area contributed by atoms with Gasteiger partial charge in [0.1, 0.15) is 0 Å². The second-order valence-corrected chi connectivity index (χ2v) is 4.94. The van der Waals surface area contributed by atoms with Crippen LogP contribution in [0.1, 0.15) is 0 Å². The van der Waals surface area contributed by atoms with E-state index in [1.165, 1.54) is 0 Å². The van der Waals surface area contributed by atoms with Crippen molar-refractivity contribution in [2.75, 3.05) is 16.8 Å². The normalized spacial score (nSPS) is 33.0. The van der Waals surface area contributed by atoms with Crippen molar-refractivity contribution in [1.29, 1.82) is 0 Å². The lowest BCUT2D eigenvalue weighted by atomic mass is 10.2. The minimum absolute atomic E-state index is 0.296. The van der Waals surface area contributed by atoms with E-state index in [1.54, 1.807) is 0 Å². The number of fused-ring (bicyclic) bond motifs is 1. The molecular formula is C12H12BrNO. The smallest absolute Gasteiger partial charge is 0.230 e. The van der Waals surface area contributed by atoms with Crippen molar-refractivity contribution in [1.82, 2.24) is 0 Å². The highest BCUT2D eigenvalue weighted by Crippen LogP contribution is 2.53. The Hall–Kier alpha value is -0.830. The van der Waals surface area contributed by atoms with Gasteiger partial charge in [0, 0.05) is 23.5 Å². The maximum Gasteiger partial charge on any atom is 0.230 e. The molecule has 1 saturated carbocycles. The summed E-state index contributed by atoms with van der Waals surface area (Å²) >= 11 is 3.46. The van der Waals surface area contributed by atoms with E-state index in [0.717, 1.165) is 17.6 Å². The third kappa shape index (κ3) is 1.33. The number of alkyl halides is 1. The van der Waals surface area contributed by atoms with Gasteiger partial charge in [0.05, 0.1) is 0 Å². The molecule has 1 saturated heterocycles. The second-order valence-electron chi connectivity index (χ2n) is 4.29. The molecule has 1 aromatic carbocycles. The lowest BCUT2D eigenvalue weighted by molar-refractivity contribution is -0.119. The number of carbonyl (C=O) groups excluding carboxylic acids is 1. The first-order valence-corrected chi connectivity index (χ1v) is 6.37. The molecule has 1 aliphatic carbocycles. The van der Waals surface area contributed by atoms with Crippen LogP contribution in [0.5, 0.6) is 0 Å². The van der Waals surface area contributed by atoms with E-state index in [1.807, 2.05) is 35.2 Å². The summed E-state index contributed by atoms with van der Waals surface area (Å²) in [6, 6.07) is 9.95. The molecule has 15 heavy (non-hydrogen) atoms. The molecule has 1 aliphatic heterocycles. The van der Waals surface area contributed by atoms with Gasteiger partial charge < -0.3 is 4.90 Å². The first-order chi connectivity index (χ1) is 7.33. The molecule has 0 aromatic heterocycles. The van der Waals surface area contributed by atoms with Crippen molar-refractivity contribution in [3.05, 3.63) is 30.3 Å². The van der Waals surface area contributed by atoms with E-state index in [4.69, 9.17) is 0 Å². The van der Waals surface area contributed by atoms with Crippen molar-refractivity contribution in [3.63, 3.8) is 0 Å². The van der Waals surface area contributed by atoms with Crippen molar-refractivity contribution in [3.8, 4) is 0 Å². The number of para-hydroxylation sites is 1. The molecule has 0 spiro atoms. The van der Waals surface area contributed by atoms with Crippen molar-refractivity contribution in [2.24, 2.45) is 17.8 Å². The van der Waals surface area contributed by atoms with Crippen molar-refractivity contribution >= 4 is 27.5 Å². The molecule has 1 heterocycles. The number of piperidine rings is 1. The summed E-state index contributed by atoms with van der Waals surface area (Å²) in [6.07, 6.45) is 0. The van der Waals surface area contributed by atoms with E-state index in [-0.39, 0.29) is 0 Å². The average Bonchev–Trinajstić information content (AvgIpc) is 2.89. The van der Waals surface area contributed by atoms with Gasteiger partial charge >= 0.3 is 0 Å². The molecule has 1 amide bonds. The summed E-state index contributed by atoms with van der Waals surface area (Å²) in [6.45, 7) is 0.907. The molecule has 2 nitrogen and oxygen atoms in total. The van der Waals surface area contributed by atoms with Gasteiger partial charge in [-0.25, -0.2) is 0 Å². The first-order valence-electron chi connectivity index (χ1n) is 5.25. The Morgan fingerprint density at radius 3 is 2.60 bits per heavy atom. The molecule has 0 radical (unpaired) electrons. The Kier molecular flexibility index (Phi) is 2.09. The highest BCUT2D eigenvalue weighted by Gasteiger charge is 2.60. The summed E-state index contributed by atoms with van der Waals surface area (Å²) in [7, 11) is 0. The number of hydrogen-bond donors (Lipinski definition) is 0. The van der Waals surface area contributed by atoms with Gasteiger partial charge in [0.15, 0.2) is 0 Å². The Bertz CT molecular complexity index is 392. The molecule has 2 aliphatic rings. The van der Waals surface area contributed by atoms with Gasteiger partial charge in [-0.2, -0.15) is 0 Å². The van der Waals surface area contributed by atoms with Gasteiger partial charge in [-0.3, -0.25) is 4.79 Å². The molecule has 3 heteroatoms. The largest absolute Gasteiger partial charge is 0.312 e. The van der Waals surface area contributed by atoms with Crippen LogP contribution in [0.2, 0.25) is 0 Å². The summed E-state index contributed by atoms with van der Waals surface area (Å²) in [5, 5.41) is 0.969. The molecule has 0 bridgehead atoms. The van der Waals surface area contributed by atoms with Crippen LogP contribution in [0, 0.1) is 17.8 Å². The standard InChI is InChI=1S/C12H12BrNO/c13-6-9-10-7-14(12(15)11(9)10)8-4-2-1-3-5-8/h1-5,9-11H,6-7H2. The van der Waals surface area contributed by atoms with E-state index < -0.39 is 0 Å². The van der Waals surface area contributed by atoms with E-state index in [2.05, 4.69) is 15.9 Å². The van der Waals surface area contributed by atoms with Crippen LogP contribution in [-0.2, 0) is 4.79 Å². The van der Waals surface area contributed by atoms with Crippen LogP contribution >= 0.6 is 15.9 Å². The van der Waals surface area contributed by atoms with Crippen molar-refractivity contribution in [2.45, 2.75) is 0 Å². The Balaban J connectivity index is 1.81. The first kappa shape index (κ1) is 9.40. The number of benzene rings is 1. The second kappa shape index (κ2) is 3.34. The van der Waals surface area contributed by atoms with Gasteiger partial charge in [-0.05, 0) is 24.0 Å². The van der Waals surface area contributed by atoms with Crippen LogP contribution < -0.4 is 4.90 Å². The summed E-state index contributed by atoms with van der Waals surface area (Å²) < 4.78 is 0. The number of anilines is 1. The number of halogens is 1. The minimum atomic E-state index is 0.296. The highest BCUT2D eigenvalue weighted by atomic mass is 79.9. The maximum atomic E-state index is 12.0. The topological polar surface area (TPSA) is 20.3 Å². The lowest BCUT2D eigenvalue weighted by Gasteiger charge is -2.19. The van der Waals surface area contributed by atoms with Gasteiger partial charge in [0.2, 0.25) is 5.91 Å². The van der Waals surface area contributed by atoms with E-state index in [0.29, 0.717) is 23.7 Å². The zero-order valence-corrected chi connectivity index (χ0v) is 9.85. The molecule has 3 rings (SSSR count). The number of carbonyl (C=O) groups is 1. The van der Waals surface area contributed by atoms with Gasteiger partial charge in [-0.15, -0.1) is 0 Å². The fourth-order valence-corrected chi connectivity index (χ4v) is 3.47. The fourth-order valence-electron chi connectivity index (χ4n) is 2.59. The summed E-state index contributed by atoms with van der Waals surface area (Å²) in [5.74, 6) is 1.80. The molecular weight excluding hydrogens is 254 g/mol. The third-order valence-electron chi connectivity index (χ3n) is 3.52. The van der Waals surface area contributed by atoms with Crippen molar-refractivity contribution < 1.29 is 4.79 Å². The van der Waals surface area contributed by atoms with Crippen LogP contribution in [0.4, 0.5) is 5.69 Å². The zero-order chi connectivity index (χ0) is 10.4. The molecule has 1 aromatic rings. The average molecular weight is 266 g/mol. The predicted octanol–water partition coefficient (Wildman–Crippen LogP) is 2.29. The summed E-state index contributed by atoms with van der Waals surface area (Å²) in [4.78, 5) is 13.9. The van der Waals surface area contributed by atoms with Gasteiger partial charge in [-0.1, -0.05) is 34.1 Å². The van der Waals surface area contributed by atoms with E-state index >= 15 is 0 Å². The van der Waals surface area contributed by atoms with Crippen LogP contribution in [0.3, 0.4) is 0 Å². The number of amides is 1. The molecule has 0 N–H and O–H groups in total. The predicted molar refractivity (Wildman–Crippen MR) is 63.1 cm³/mol. The monoisotopic (exact) mass is 265 g/mol. The number of hydrogen-bond acceptors (Lipinski definition) is 1. The van der Waals surface area contributed by atoms with Crippen LogP contribution in [0.25, 0.3) is 0 Å². The third-order valence-corrected chi connectivity index (χ3v) is 4.27. The Morgan fingerprint density at radius 1 is 1.33 bits per heavy atom. The SMILES string of the molecule is O=C1C2C(CBr)C2CN1c1ccccc1. The fraction of sp³-hybridized carbons (Fsp3) is 0.417. The molecule has 3 unspecified atom stereocenters. The van der Waals surface area contributed by atoms with Crippen LogP contribution in [-0.4, -0.2) is 17.8 Å². The number of nitrogens with zero attached hydrogens (tertiary/aromatic N) is 1. The Morgan fingerprint density at radius 2 is 2.07 bits per heavy atom. The van der Waals surface area contributed by atoms with Crippen LogP contribution in [0.15, 0.2) is 30.3 Å². The quantitative estimate of drug-likeness (QED) is 0.752. The molecule has 78 valence electrons. The Labute approximate surface area is 97.4 Å². The maximum absolute atomic E-state index is 12.0. The molecule has 2 fully saturated rings. The van der Waals surface area contributed by atoms with E-state index in [9.17, 15) is 4.79 Å². The summed E-state index contributed by atoms with van der Waals surface area (Å²) in [5.41, 5.74) is 1.04. The lowest BCUT2D eigenvalue weighted by Crippen LogP contribution is -2.29. The number of rotatable bonds is 2. The van der Waals surface area contributed by atoms with Gasteiger partial charge in [0.25, 0.3) is 0 Å². The zero-order valence-electron chi connectivity index (χ0n) is 8.27. The minimum Gasteiger partial charge on any atom is -0.312 e.